The number of benzene rings is 2. The van der Waals surface area contributed by atoms with E-state index < -0.39 is 0 Å². The normalized spacial score (nSPS) is 11.4. The zero-order valence-electron chi connectivity index (χ0n) is 14.0. The highest BCUT2D eigenvalue weighted by molar-refractivity contribution is 6.30. The van der Waals surface area contributed by atoms with Crippen LogP contribution < -0.4 is 0 Å². The van der Waals surface area contributed by atoms with Gasteiger partial charge in [0, 0.05) is 21.7 Å². The van der Waals surface area contributed by atoms with Crippen molar-refractivity contribution < 1.29 is 9.90 Å². The lowest BCUT2D eigenvalue weighted by atomic mass is 9.99. The average Bonchev–Trinajstić information content (AvgIpc) is 2.85. The van der Waals surface area contributed by atoms with E-state index in [0.29, 0.717) is 10.6 Å². The number of aliphatic hydroxyl groups is 1. The monoisotopic (exact) mass is 341 g/mol. The van der Waals surface area contributed by atoms with Gasteiger partial charge in [-0.2, -0.15) is 0 Å². The Hall–Kier alpha value is -2.10. The Kier molecular flexibility index (Phi) is 4.48. The lowest BCUT2D eigenvalue weighted by Crippen LogP contribution is -2.13. The van der Waals surface area contributed by atoms with Crippen LogP contribution in [0.25, 0.3) is 10.9 Å². The van der Waals surface area contributed by atoms with Crippen molar-refractivity contribution in [2.75, 3.05) is 0 Å². The van der Waals surface area contributed by atoms with Gasteiger partial charge in [-0.25, -0.2) is 0 Å². The maximum atomic E-state index is 13.1. The van der Waals surface area contributed by atoms with E-state index in [0.717, 1.165) is 27.7 Å². The number of fused-ring (bicyclic) bond motifs is 1. The lowest BCUT2D eigenvalue weighted by molar-refractivity contribution is 0.0963. The highest BCUT2D eigenvalue weighted by atomic mass is 35.5. The number of rotatable bonds is 3. The molecule has 0 atom stereocenters. The molecule has 3 aromatic rings. The first-order valence-electron chi connectivity index (χ1n) is 7.99. The SMILES string of the molecule is Cc1c(C(C)C)c2cc(CO)ccc2n1C(=O)c1ccc(Cl)cc1. The van der Waals surface area contributed by atoms with Gasteiger partial charge in [0.25, 0.3) is 5.91 Å². The molecule has 0 radical (unpaired) electrons. The molecular formula is C20H20ClNO2. The lowest BCUT2D eigenvalue weighted by Gasteiger charge is -2.09. The molecular weight excluding hydrogens is 322 g/mol. The Balaban J connectivity index is 2.26. The van der Waals surface area contributed by atoms with Crippen LogP contribution in [0.15, 0.2) is 42.5 Å². The molecule has 0 aliphatic rings. The summed E-state index contributed by atoms with van der Waals surface area (Å²) in [5.74, 6) is 0.207. The molecule has 0 bridgehead atoms. The smallest absolute Gasteiger partial charge is 0.262 e. The second-order valence-electron chi connectivity index (χ2n) is 6.31. The van der Waals surface area contributed by atoms with Crippen LogP contribution in [0.1, 0.15) is 46.9 Å². The Morgan fingerprint density at radius 2 is 1.83 bits per heavy atom. The predicted octanol–water partition coefficient (Wildman–Crippen LogP) is 4.91. The highest BCUT2D eigenvalue weighted by Crippen LogP contribution is 2.33. The summed E-state index contributed by atoms with van der Waals surface area (Å²) in [6.45, 7) is 6.19. The number of aromatic nitrogens is 1. The average molecular weight is 342 g/mol. The fourth-order valence-electron chi connectivity index (χ4n) is 3.30. The molecule has 3 nitrogen and oxygen atoms in total. The minimum Gasteiger partial charge on any atom is -0.392 e. The first-order valence-corrected chi connectivity index (χ1v) is 8.36. The number of halogens is 1. The van der Waals surface area contributed by atoms with Crippen molar-refractivity contribution >= 4 is 28.4 Å². The van der Waals surface area contributed by atoms with Crippen LogP contribution in [0, 0.1) is 6.92 Å². The standard InChI is InChI=1S/C20H20ClNO2/c1-12(2)19-13(3)22(18-9-4-14(11-23)10-17(18)19)20(24)15-5-7-16(21)8-6-15/h4-10,12,23H,11H2,1-3H3. The van der Waals surface area contributed by atoms with E-state index in [-0.39, 0.29) is 18.4 Å². The molecule has 0 aliphatic carbocycles. The summed E-state index contributed by atoms with van der Waals surface area (Å²) >= 11 is 5.93. The van der Waals surface area contributed by atoms with Crippen molar-refractivity contribution in [1.29, 1.82) is 0 Å². The van der Waals surface area contributed by atoms with Gasteiger partial charge in [0.05, 0.1) is 12.1 Å². The van der Waals surface area contributed by atoms with Crippen LogP contribution in [-0.2, 0) is 6.61 Å². The number of aliphatic hydroxyl groups excluding tert-OH is 1. The Morgan fingerprint density at radius 1 is 1.17 bits per heavy atom. The first-order chi connectivity index (χ1) is 11.4. The third-order valence-corrected chi connectivity index (χ3v) is 4.62. The predicted molar refractivity (Wildman–Crippen MR) is 97.9 cm³/mol. The van der Waals surface area contributed by atoms with E-state index in [1.165, 1.54) is 0 Å². The third-order valence-electron chi connectivity index (χ3n) is 4.37. The largest absolute Gasteiger partial charge is 0.392 e. The van der Waals surface area contributed by atoms with Gasteiger partial charge in [-0.05, 0) is 60.4 Å². The van der Waals surface area contributed by atoms with Gasteiger partial charge in [0.1, 0.15) is 0 Å². The molecule has 0 saturated carbocycles. The van der Waals surface area contributed by atoms with Crippen LogP contribution in [0.5, 0.6) is 0 Å². The molecule has 1 aromatic heterocycles. The van der Waals surface area contributed by atoms with E-state index in [2.05, 4.69) is 13.8 Å². The fourth-order valence-corrected chi connectivity index (χ4v) is 3.43. The number of carbonyl (C=O) groups is 1. The molecule has 124 valence electrons. The maximum absolute atomic E-state index is 13.1. The molecule has 1 heterocycles. The van der Waals surface area contributed by atoms with Gasteiger partial charge in [-0.15, -0.1) is 0 Å². The number of carbonyl (C=O) groups excluding carboxylic acids is 1. The van der Waals surface area contributed by atoms with E-state index in [1.807, 2.05) is 25.1 Å². The number of hydrogen-bond acceptors (Lipinski definition) is 2. The van der Waals surface area contributed by atoms with Crippen LogP contribution in [-0.4, -0.2) is 15.6 Å². The van der Waals surface area contributed by atoms with Crippen molar-refractivity contribution in [2.45, 2.75) is 33.3 Å². The molecule has 24 heavy (non-hydrogen) atoms. The van der Waals surface area contributed by atoms with Crippen LogP contribution >= 0.6 is 11.6 Å². The van der Waals surface area contributed by atoms with Gasteiger partial charge in [-0.3, -0.25) is 9.36 Å². The molecule has 0 fully saturated rings. The highest BCUT2D eigenvalue weighted by Gasteiger charge is 2.21. The maximum Gasteiger partial charge on any atom is 0.262 e. The topological polar surface area (TPSA) is 42.2 Å². The van der Waals surface area contributed by atoms with Gasteiger partial charge in [0.15, 0.2) is 0 Å². The van der Waals surface area contributed by atoms with E-state index in [4.69, 9.17) is 11.6 Å². The van der Waals surface area contributed by atoms with Crippen LogP contribution in [0.3, 0.4) is 0 Å². The van der Waals surface area contributed by atoms with Gasteiger partial charge in [-0.1, -0.05) is 31.5 Å². The zero-order valence-corrected chi connectivity index (χ0v) is 14.8. The molecule has 0 spiro atoms. The Bertz CT molecular complexity index is 908. The zero-order chi connectivity index (χ0) is 17.4. The summed E-state index contributed by atoms with van der Waals surface area (Å²) < 4.78 is 1.76. The molecule has 2 aromatic carbocycles. The molecule has 0 aliphatic heterocycles. The summed E-state index contributed by atoms with van der Waals surface area (Å²) in [6, 6.07) is 12.7. The molecule has 0 saturated heterocycles. The molecule has 0 unspecified atom stereocenters. The number of nitrogens with zero attached hydrogens (tertiary/aromatic N) is 1. The summed E-state index contributed by atoms with van der Waals surface area (Å²) in [7, 11) is 0. The van der Waals surface area contributed by atoms with E-state index in [9.17, 15) is 9.90 Å². The first kappa shape index (κ1) is 16.7. The van der Waals surface area contributed by atoms with Crippen molar-refractivity contribution in [3.05, 3.63) is 69.9 Å². The van der Waals surface area contributed by atoms with Crippen molar-refractivity contribution in [3.63, 3.8) is 0 Å². The number of hydrogen-bond donors (Lipinski definition) is 1. The molecule has 0 amide bonds. The fraction of sp³-hybridized carbons (Fsp3) is 0.250. The van der Waals surface area contributed by atoms with Gasteiger partial charge >= 0.3 is 0 Å². The minimum absolute atomic E-state index is 0.0111. The minimum atomic E-state index is -0.0715. The van der Waals surface area contributed by atoms with Crippen LogP contribution in [0.4, 0.5) is 0 Å². The molecule has 4 heteroatoms. The van der Waals surface area contributed by atoms with Crippen molar-refractivity contribution in [3.8, 4) is 0 Å². The summed E-state index contributed by atoms with van der Waals surface area (Å²) in [4.78, 5) is 13.1. The van der Waals surface area contributed by atoms with Gasteiger partial charge < -0.3 is 5.11 Å². The summed E-state index contributed by atoms with van der Waals surface area (Å²) in [5, 5.41) is 11.1. The Labute approximate surface area is 146 Å². The van der Waals surface area contributed by atoms with E-state index >= 15 is 0 Å². The van der Waals surface area contributed by atoms with Crippen molar-refractivity contribution in [2.24, 2.45) is 0 Å². The van der Waals surface area contributed by atoms with Gasteiger partial charge in [0.2, 0.25) is 0 Å². The Morgan fingerprint density at radius 3 is 2.42 bits per heavy atom. The molecule has 3 rings (SSSR count). The van der Waals surface area contributed by atoms with Crippen molar-refractivity contribution in [1.82, 2.24) is 4.57 Å². The second kappa shape index (κ2) is 6.42. The van der Waals surface area contributed by atoms with E-state index in [1.54, 1.807) is 28.8 Å². The summed E-state index contributed by atoms with van der Waals surface area (Å²) in [6.07, 6.45) is 0. The molecule has 1 N–H and O–H groups in total. The quantitative estimate of drug-likeness (QED) is 0.735. The third kappa shape index (κ3) is 2.74. The summed E-state index contributed by atoms with van der Waals surface area (Å²) in [5.41, 5.74) is 4.40. The van der Waals surface area contributed by atoms with Crippen LogP contribution in [0.2, 0.25) is 5.02 Å². The second-order valence-corrected chi connectivity index (χ2v) is 6.75.